The third kappa shape index (κ3) is 3.56. The molecular weight excluding hydrogens is 301 g/mol. The number of carbonyl (C=O) groups is 2. The molecule has 0 fully saturated rings. The zero-order chi connectivity index (χ0) is 17.1. The van der Waals surface area contributed by atoms with Crippen molar-refractivity contribution in [1.29, 1.82) is 0 Å². The average Bonchev–Trinajstić information content (AvgIpc) is 2.76. The number of amides is 1. The van der Waals surface area contributed by atoms with Gasteiger partial charge in [-0.15, -0.1) is 0 Å². The molecule has 7 heteroatoms. The lowest BCUT2D eigenvalue weighted by Gasteiger charge is -2.08. The summed E-state index contributed by atoms with van der Waals surface area (Å²) < 4.78 is 15.6. The van der Waals surface area contributed by atoms with Gasteiger partial charge >= 0.3 is 5.97 Å². The van der Waals surface area contributed by atoms with Crippen LogP contribution in [0.3, 0.4) is 0 Å². The molecule has 2 N–H and O–H groups in total. The molecule has 0 radical (unpaired) electrons. The highest BCUT2D eigenvalue weighted by atomic mass is 19.1. The lowest BCUT2D eigenvalue weighted by atomic mass is 10.1. The summed E-state index contributed by atoms with van der Waals surface area (Å²) in [6, 6.07) is 3.95. The number of nitrogens with zero attached hydrogens (tertiary/aromatic N) is 2. The Morgan fingerprint density at radius 2 is 2.04 bits per heavy atom. The van der Waals surface area contributed by atoms with Crippen molar-refractivity contribution >= 4 is 17.6 Å². The van der Waals surface area contributed by atoms with Gasteiger partial charge in [0.15, 0.2) is 0 Å². The number of halogens is 1. The third-order valence-electron chi connectivity index (χ3n) is 3.56. The standard InChI is InChI=1S/C16H18FN3O3/c1-4-20-10(3)15(9(2)19-20)16(23)18-12-6-5-11(7-14(21)22)13(17)8-12/h5-6,8H,4,7H2,1-3H3,(H,18,23)(H,21,22). The average molecular weight is 319 g/mol. The van der Waals surface area contributed by atoms with E-state index < -0.39 is 18.2 Å². The van der Waals surface area contributed by atoms with Crippen LogP contribution in [0.4, 0.5) is 10.1 Å². The fourth-order valence-corrected chi connectivity index (χ4v) is 2.46. The predicted octanol–water partition coefficient (Wildman–Crippen LogP) is 2.54. The normalized spacial score (nSPS) is 10.6. The number of hydrogen-bond donors (Lipinski definition) is 2. The van der Waals surface area contributed by atoms with E-state index in [9.17, 15) is 14.0 Å². The minimum Gasteiger partial charge on any atom is -0.481 e. The maximum atomic E-state index is 13.8. The first-order valence-corrected chi connectivity index (χ1v) is 7.19. The van der Waals surface area contributed by atoms with Crippen LogP contribution in [-0.2, 0) is 17.8 Å². The van der Waals surface area contributed by atoms with Crippen molar-refractivity contribution in [2.24, 2.45) is 0 Å². The Morgan fingerprint density at radius 1 is 1.35 bits per heavy atom. The number of aromatic nitrogens is 2. The molecule has 122 valence electrons. The molecule has 0 saturated carbocycles. The lowest BCUT2D eigenvalue weighted by molar-refractivity contribution is -0.136. The largest absolute Gasteiger partial charge is 0.481 e. The van der Waals surface area contributed by atoms with Crippen molar-refractivity contribution in [3.63, 3.8) is 0 Å². The van der Waals surface area contributed by atoms with Crippen molar-refractivity contribution in [2.75, 3.05) is 5.32 Å². The second-order valence-electron chi connectivity index (χ2n) is 5.19. The summed E-state index contributed by atoms with van der Waals surface area (Å²) in [5.74, 6) is -2.15. The highest BCUT2D eigenvalue weighted by Gasteiger charge is 2.18. The van der Waals surface area contributed by atoms with Gasteiger partial charge in [0.05, 0.1) is 17.7 Å². The molecule has 0 saturated heterocycles. The number of anilines is 1. The van der Waals surface area contributed by atoms with Crippen LogP contribution in [0.1, 0.15) is 34.2 Å². The number of carboxylic acid groups (broad SMARTS) is 1. The summed E-state index contributed by atoms with van der Waals surface area (Å²) in [6.07, 6.45) is -0.401. The SMILES string of the molecule is CCn1nc(C)c(C(=O)Nc2ccc(CC(=O)O)c(F)c2)c1C. The number of benzene rings is 1. The van der Waals surface area contributed by atoms with Crippen LogP contribution >= 0.6 is 0 Å². The molecule has 0 atom stereocenters. The first kappa shape index (κ1) is 16.7. The number of rotatable bonds is 5. The van der Waals surface area contributed by atoms with E-state index in [1.54, 1.807) is 18.5 Å². The molecule has 1 aromatic carbocycles. The first-order valence-electron chi connectivity index (χ1n) is 7.19. The second kappa shape index (κ2) is 6.60. The topological polar surface area (TPSA) is 84.2 Å². The van der Waals surface area contributed by atoms with Gasteiger partial charge in [-0.25, -0.2) is 4.39 Å². The molecule has 6 nitrogen and oxygen atoms in total. The van der Waals surface area contributed by atoms with E-state index in [0.717, 1.165) is 11.8 Å². The van der Waals surface area contributed by atoms with Crippen LogP contribution in [0.25, 0.3) is 0 Å². The molecule has 0 unspecified atom stereocenters. The summed E-state index contributed by atoms with van der Waals surface area (Å²) in [5.41, 5.74) is 2.14. The number of hydrogen-bond acceptors (Lipinski definition) is 3. The Labute approximate surface area is 132 Å². The highest BCUT2D eigenvalue weighted by molar-refractivity contribution is 6.05. The first-order chi connectivity index (χ1) is 10.8. The molecule has 1 amide bonds. The molecular formula is C16H18FN3O3. The van der Waals surface area contributed by atoms with Crippen LogP contribution in [-0.4, -0.2) is 26.8 Å². The van der Waals surface area contributed by atoms with E-state index in [0.29, 0.717) is 17.8 Å². The van der Waals surface area contributed by atoms with Crippen LogP contribution in [0.5, 0.6) is 0 Å². The summed E-state index contributed by atoms with van der Waals surface area (Å²) >= 11 is 0. The Bertz CT molecular complexity index is 768. The van der Waals surface area contributed by atoms with Crippen molar-refractivity contribution in [1.82, 2.24) is 9.78 Å². The van der Waals surface area contributed by atoms with E-state index in [2.05, 4.69) is 10.4 Å². The molecule has 0 aliphatic heterocycles. The molecule has 23 heavy (non-hydrogen) atoms. The Morgan fingerprint density at radius 3 is 2.57 bits per heavy atom. The van der Waals surface area contributed by atoms with E-state index in [4.69, 9.17) is 5.11 Å². The Balaban J connectivity index is 2.22. The summed E-state index contributed by atoms with van der Waals surface area (Å²) in [5, 5.41) is 15.6. The molecule has 0 bridgehead atoms. The summed E-state index contributed by atoms with van der Waals surface area (Å²) in [7, 11) is 0. The molecule has 2 rings (SSSR count). The lowest BCUT2D eigenvalue weighted by Crippen LogP contribution is -2.14. The fourth-order valence-electron chi connectivity index (χ4n) is 2.46. The van der Waals surface area contributed by atoms with E-state index in [1.807, 2.05) is 6.92 Å². The van der Waals surface area contributed by atoms with Crippen molar-refractivity contribution < 1.29 is 19.1 Å². The maximum Gasteiger partial charge on any atom is 0.307 e. The fraction of sp³-hybridized carbons (Fsp3) is 0.312. The van der Waals surface area contributed by atoms with Gasteiger partial charge < -0.3 is 10.4 Å². The van der Waals surface area contributed by atoms with Gasteiger partial charge in [-0.3, -0.25) is 14.3 Å². The number of aryl methyl sites for hydroxylation is 2. The Kier molecular flexibility index (Phi) is 4.78. The van der Waals surface area contributed by atoms with Gasteiger partial charge in [-0.1, -0.05) is 6.07 Å². The number of aliphatic carboxylic acids is 1. The van der Waals surface area contributed by atoms with Gasteiger partial charge in [-0.2, -0.15) is 5.10 Å². The minimum absolute atomic E-state index is 0.0710. The quantitative estimate of drug-likeness (QED) is 0.887. The highest BCUT2D eigenvalue weighted by Crippen LogP contribution is 2.19. The molecule has 1 aromatic heterocycles. The number of carbonyl (C=O) groups excluding carboxylic acids is 1. The zero-order valence-electron chi connectivity index (χ0n) is 13.2. The second-order valence-corrected chi connectivity index (χ2v) is 5.19. The van der Waals surface area contributed by atoms with E-state index >= 15 is 0 Å². The van der Waals surface area contributed by atoms with Gasteiger partial charge in [0.25, 0.3) is 5.91 Å². The number of nitrogens with one attached hydrogen (secondary N) is 1. The van der Waals surface area contributed by atoms with E-state index in [1.165, 1.54) is 12.1 Å². The third-order valence-corrected chi connectivity index (χ3v) is 3.56. The van der Waals surface area contributed by atoms with Crippen molar-refractivity contribution in [3.05, 3.63) is 46.5 Å². The van der Waals surface area contributed by atoms with Crippen LogP contribution in [0.15, 0.2) is 18.2 Å². The smallest absolute Gasteiger partial charge is 0.307 e. The molecule has 1 heterocycles. The van der Waals surface area contributed by atoms with E-state index in [-0.39, 0.29) is 17.2 Å². The van der Waals surface area contributed by atoms with Gasteiger partial charge in [0.2, 0.25) is 0 Å². The molecule has 0 aliphatic rings. The zero-order valence-corrected chi connectivity index (χ0v) is 13.2. The molecule has 2 aromatic rings. The summed E-state index contributed by atoms with van der Waals surface area (Å²) in [6.45, 7) is 6.12. The van der Waals surface area contributed by atoms with Crippen LogP contribution < -0.4 is 5.32 Å². The van der Waals surface area contributed by atoms with Crippen molar-refractivity contribution in [3.8, 4) is 0 Å². The maximum absolute atomic E-state index is 13.8. The van der Waals surface area contributed by atoms with Crippen LogP contribution in [0, 0.1) is 19.7 Å². The van der Waals surface area contributed by atoms with Gasteiger partial charge in [-0.05, 0) is 38.5 Å². The predicted molar refractivity (Wildman–Crippen MR) is 83.1 cm³/mol. The molecule has 0 spiro atoms. The monoisotopic (exact) mass is 319 g/mol. The Hall–Kier alpha value is -2.70. The van der Waals surface area contributed by atoms with Crippen LogP contribution in [0.2, 0.25) is 0 Å². The van der Waals surface area contributed by atoms with Gasteiger partial charge in [0.1, 0.15) is 5.82 Å². The van der Waals surface area contributed by atoms with Gasteiger partial charge in [0, 0.05) is 17.9 Å². The summed E-state index contributed by atoms with van der Waals surface area (Å²) in [4.78, 5) is 23.0. The number of carboxylic acids is 1. The molecule has 0 aliphatic carbocycles. The minimum atomic E-state index is -1.11. The van der Waals surface area contributed by atoms with Crippen molar-refractivity contribution in [2.45, 2.75) is 33.7 Å².